The van der Waals surface area contributed by atoms with E-state index in [1.165, 1.54) is 17.0 Å². The SMILES string of the molecule is CCCNC(=O)[C@@H](CC)N(Cc1cccc(OC)c1)C(=O)CN(c1ccc(OCC)cc1)S(=O)(=O)c1ccc(Br)cc1. The largest absolute Gasteiger partial charge is 0.497 e. The van der Waals surface area contributed by atoms with Crippen LogP contribution in [0.5, 0.6) is 11.5 Å². The van der Waals surface area contributed by atoms with Gasteiger partial charge in [0.2, 0.25) is 11.8 Å². The molecule has 0 aliphatic rings. The molecule has 0 spiro atoms. The summed E-state index contributed by atoms with van der Waals surface area (Å²) >= 11 is 3.34. The van der Waals surface area contributed by atoms with Crippen LogP contribution in [0.15, 0.2) is 82.2 Å². The van der Waals surface area contributed by atoms with E-state index in [1.807, 2.05) is 26.8 Å². The number of nitrogens with one attached hydrogen (secondary N) is 1. The van der Waals surface area contributed by atoms with Crippen molar-refractivity contribution >= 4 is 43.5 Å². The first kappa shape index (κ1) is 32.9. The molecule has 0 aliphatic carbocycles. The zero-order valence-corrected chi connectivity index (χ0v) is 26.8. The van der Waals surface area contributed by atoms with Crippen molar-refractivity contribution in [1.29, 1.82) is 0 Å². The Labute approximate surface area is 257 Å². The van der Waals surface area contributed by atoms with Gasteiger partial charge < -0.3 is 19.7 Å². The minimum atomic E-state index is -4.17. The smallest absolute Gasteiger partial charge is 0.264 e. The molecule has 0 bridgehead atoms. The lowest BCUT2D eigenvalue weighted by Gasteiger charge is -2.33. The topological polar surface area (TPSA) is 105 Å². The third kappa shape index (κ3) is 8.48. The van der Waals surface area contributed by atoms with Crippen LogP contribution in [0.3, 0.4) is 0 Å². The summed E-state index contributed by atoms with van der Waals surface area (Å²) in [6.07, 6.45) is 1.08. The molecule has 2 amide bonds. The number of amides is 2. The molecule has 11 heteroatoms. The Morgan fingerprint density at radius 2 is 1.64 bits per heavy atom. The number of hydrogen-bond acceptors (Lipinski definition) is 6. The molecule has 0 radical (unpaired) electrons. The first-order valence-corrected chi connectivity index (χ1v) is 16.1. The molecule has 3 rings (SSSR count). The lowest BCUT2D eigenvalue weighted by Crippen LogP contribution is -2.52. The number of carbonyl (C=O) groups excluding carboxylic acids is 2. The van der Waals surface area contributed by atoms with Crippen LogP contribution in [-0.2, 0) is 26.2 Å². The fraction of sp³-hybridized carbons (Fsp3) is 0.355. The first-order chi connectivity index (χ1) is 20.1. The second-order valence-electron chi connectivity index (χ2n) is 9.48. The van der Waals surface area contributed by atoms with Crippen LogP contribution in [0.2, 0.25) is 0 Å². The number of anilines is 1. The van der Waals surface area contributed by atoms with Crippen molar-refractivity contribution in [2.45, 2.75) is 51.1 Å². The van der Waals surface area contributed by atoms with Crippen molar-refractivity contribution in [3.05, 3.63) is 82.8 Å². The van der Waals surface area contributed by atoms with Gasteiger partial charge in [-0.3, -0.25) is 13.9 Å². The van der Waals surface area contributed by atoms with E-state index in [-0.39, 0.29) is 17.3 Å². The minimum absolute atomic E-state index is 0.0273. The summed E-state index contributed by atoms with van der Waals surface area (Å²) in [5.74, 6) is 0.369. The van der Waals surface area contributed by atoms with Crippen molar-refractivity contribution in [1.82, 2.24) is 10.2 Å². The third-order valence-electron chi connectivity index (χ3n) is 6.54. The van der Waals surface area contributed by atoms with Gasteiger partial charge in [-0.1, -0.05) is 41.9 Å². The molecule has 3 aromatic carbocycles. The second-order valence-corrected chi connectivity index (χ2v) is 12.3. The van der Waals surface area contributed by atoms with Gasteiger partial charge in [0.15, 0.2) is 0 Å². The van der Waals surface area contributed by atoms with Gasteiger partial charge in [0, 0.05) is 17.6 Å². The first-order valence-electron chi connectivity index (χ1n) is 13.9. The predicted octanol–water partition coefficient (Wildman–Crippen LogP) is 5.39. The number of methoxy groups -OCH3 is 1. The van der Waals surface area contributed by atoms with Gasteiger partial charge in [-0.05, 0) is 86.0 Å². The molecule has 0 saturated heterocycles. The van der Waals surface area contributed by atoms with Crippen molar-refractivity contribution in [3.63, 3.8) is 0 Å². The van der Waals surface area contributed by atoms with E-state index < -0.39 is 28.5 Å². The Bertz CT molecular complexity index is 1430. The lowest BCUT2D eigenvalue weighted by atomic mass is 10.1. The van der Waals surface area contributed by atoms with E-state index >= 15 is 0 Å². The van der Waals surface area contributed by atoms with E-state index in [0.717, 1.165) is 20.8 Å². The maximum Gasteiger partial charge on any atom is 0.264 e. The summed E-state index contributed by atoms with van der Waals surface area (Å²) in [5, 5.41) is 2.88. The molecule has 0 fully saturated rings. The molecule has 3 aromatic rings. The summed E-state index contributed by atoms with van der Waals surface area (Å²) in [4.78, 5) is 28.8. The van der Waals surface area contributed by atoms with E-state index in [0.29, 0.717) is 36.8 Å². The van der Waals surface area contributed by atoms with Crippen molar-refractivity contribution < 1.29 is 27.5 Å². The van der Waals surface area contributed by atoms with Crippen LogP contribution in [0.25, 0.3) is 0 Å². The van der Waals surface area contributed by atoms with Crippen LogP contribution < -0.4 is 19.1 Å². The minimum Gasteiger partial charge on any atom is -0.497 e. The number of nitrogens with zero attached hydrogens (tertiary/aromatic N) is 2. The van der Waals surface area contributed by atoms with Gasteiger partial charge in [0.1, 0.15) is 24.1 Å². The van der Waals surface area contributed by atoms with Crippen LogP contribution >= 0.6 is 15.9 Å². The molecule has 1 atom stereocenters. The zero-order valence-electron chi connectivity index (χ0n) is 24.4. The summed E-state index contributed by atoms with van der Waals surface area (Å²) in [6.45, 7) is 6.11. The van der Waals surface area contributed by atoms with Crippen LogP contribution in [0.1, 0.15) is 39.2 Å². The molecule has 9 nitrogen and oxygen atoms in total. The number of rotatable bonds is 15. The number of benzene rings is 3. The second kappa shape index (κ2) is 15.6. The Kier molecular flexibility index (Phi) is 12.2. The number of sulfonamides is 1. The molecule has 0 unspecified atom stereocenters. The summed E-state index contributed by atoms with van der Waals surface area (Å²) in [5.41, 5.74) is 1.03. The monoisotopic (exact) mass is 659 g/mol. The fourth-order valence-corrected chi connectivity index (χ4v) is 6.07. The highest BCUT2D eigenvalue weighted by Gasteiger charge is 2.33. The van der Waals surface area contributed by atoms with Gasteiger partial charge in [-0.15, -0.1) is 0 Å². The third-order valence-corrected chi connectivity index (χ3v) is 8.86. The Morgan fingerprint density at radius 1 is 0.952 bits per heavy atom. The average molecular weight is 661 g/mol. The van der Waals surface area contributed by atoms with E-state index in [9.17, 15) is 18.0 Å². The van der Waals surface area contributed by atoms with Crippen LogP contribution in [0.4, 0.5) is 5.69 Å². The highest BCUT2D eigenvalue weighted by molar-refractivity contribution is 9.10. The quantitative estimate of drug-likeness (QED) is 0.235. The number of hydrogen-bond donors (Lipinski definition) is 1. The van der Waals surface area contributed by atoms with Crippen molar-refractivity contribution in [2.24, 2.45) is 0 Å². The standard InChI is InChI=1S/C31H38BrN3O6S/c1-5-19-33-31(37)29(6-2)34(21-23-9-8-10-27(20-23)40-4)30(36)22-35(25-13-15-26(16-14-25)41-7-3)42(38,39)28-17-11-24(32)12-18-28/h8-18,20,29H,5-7,19,21-22H2,1-4H3,(H,33,37)/t29-/m1/s1. The summed E-state index contributed by atoms with van der Waals surface area (Å²) < 4.78 is 40.6. The Morgan fingerprint density at radius 3 is 2.24 bits per heavy atom. The van der Waals surface area contributed by atoms with Crippen LogP contribution in [0, 0.1) is 0 Å². The average Bonchev–Trinajstić information content (AvgIpc) is 2.99. The van der Waals surface area contributed by atoms with Gasteiger partial charge in [0.25, 0.3) is 10.0 Å². The van der Waals surface area contributed by atoms with Gasteiger partial charge in [-0.2, -0.15) is 0 Å². The van der Waals surface area contributed by atoms with Crippen molar-refractivity contribution in [2.75, 3.05) is 31.1 Å². The number of ether oxygens (including phenoxy) is 2. The molecular formula is C31H38BrN3O6S. The zero-order chi connectivity index (χ0) is 30.7. The number of carbonyl (C=O) groups is 2. The van der Waals surface area contributed by atoms with Crippen molar-refractivity contribution in [3.8, 4) is 11.5 Å². The fourth-order valence-electron chi connectivity index (χ4n) is 4.39. The normalized spacial score (nSPS) is 11.8. The maximum absolute atomic E-state index is 14.1. The lowest BCUT2D eigenvalue weighted by molar-refractivity contribution is -0.140. The van der Waals surface area contributed by atoms with E-state index in [2.05, 4.69) is 21.2 Å². The van der Waals surface area contributed by atoms with E-state index in [1.54, 1.807) is 61.7 Å². The molecule has 0 saturated carbocycles. The van der Waals surface area contributed by atoms with Gasteiger partial charge in [0.05, 0.1) is 24.3 Å². The van der Waals surface area contributed by atoms with Crippen LogP contribution in [-0.4, -0.2) is 58.0 Å². The molecule has 42 heavy (non-hydrogen) atoms. The highest BCUT2D eigenvalue weighted by Crippen LogP contribution is 2.28. The van der Waals surface area contributed by atoms with Gasteiger partial charge >= 0.3 is 0 Å². The molecule has 0 aromatic heterocycles. The van der Waals surface area contributed by atoms with E-state index in [4.69, 9.17) is 9.47 Å². The Hall–Kier alpha value is -3.57. The highest BCUT2D eigenvalue weighted by atomic mass is 79.9. The predicted molar refractivity (Wildman–Crippen MR) is 167 cm³/mol. The number of halogens is 1. The summed E-state index contributed by atoms with van der Waals surface area (Å²) in [6, 6.07) is 19.2. The Balaban J connectivity index is 2.06. The molecule has 1 N–H and O–H groups in total. The molecular weight excluding hydrogens is 622 g/mol. The summed E-state index contributed by atoms with van der Waals surface area (Å²) in [7, 11) is -2.62. The maximum atomic E-state index is 14.1. The molecule has 0 aliphatic heterocycles. The van der Waals surface area contributed by atoms with Gasteiger partial charge in [-0.25, -0.2) is 8.42 Å². The molecule has 226 valence electrons. The molecule has 0 heterocycles.